The Balaban J connectivity index is 0.000000133. The number of nitrogens with one attached hydrogen (secondary N) is 2. The topological polar surface area (TPSA) is 284 Å². The predicted octanol–water partition coefficient (Wildman–Crippen LogP) is 15.1. The van der Waals surface area contributed by atoms with Gasteiger partial charge in [-0.3, -0.25) is 42.5 Å². The monoisotopic (exact) mass is 1600 g/mol. The number of benzene rings is 8. The second-order valence-corrected chi connectivity index (χ2v) is 34.7. The number of hydrogen-bond donors (Lipinski definition) is 3. The van der Waals surface area contributed by atoms with Crippen molar-refractivity contribution in [1.82, 2.24) is 15.0 Å². The lowest BCUT2D eigenvalue weighted by atomic mass is 10.1. The van der Waals surface area contributed by atoms with Gasteiger partial charge in [0.1, 0.15) is 0 Å². The van der Waals surface area contributed by atoms with Crippen molar-refractivity contribution in [1.29, 1.82) is 0 Å². The van der Waals surface area contributed by atoms with E-state index in [2.05, 4.69) is 31.1 Å². The van der Waals surface area contributed by atoms with Gasteiger partial charge in [-0.25, -0.2) is 33.7 Å². The maximum atomic E-state index is 13.4. The van der Waals surface area contributed by atoms with Gasteiger partial charge < -0.3 is 15.0 Å². The summed E-state index contributed by atoms with van der Waals surface area (Å²) in [5.41, 5.74) is 10.1. The van der Waals surface area contributed by atoms with Gasteiger partial charge in [0.15, 0.2) is 0 Å². The molecule has 0 amide bonds. The predicted molar refractivity (Wildman–Crippen MR) is 417 cm³/mol. The zero-order valence-corrected chi connectivity index (χ0v) is 64.7. The van der Waals surface area contributed by atoms with Crippen LogP contribution in [0.15, 0.2) is 213 Å². The van der Waals surface area contributed by atoms with Crippen LogP contribution in [0.5, 0.6) is 0 Å². The first-order chi connectivity index (χ1) is 50.2. The Hall–Kier alpha value is -9.41. The number of aryl methyl sites for hydroxylation is 4. The van der Waals surface area contributed by atoms with Crippen molar-refractivity contribution in [3.8, 4) is 0 Å². The average molecular weight is 1610 g/mol. The summed E-state index contributed by atoms with van der Waals surface area (Å²) in [4.78, 5) is 43.3. The summed E-state index contributed by atoms with van der Waals surface area (Å²) in [7, 11) is -9.58. The lowest BCUT2D eigenvalue weighted by Gasteiger charge is -2.21. The molecule has 3 N–H and O–H groups in total. The van der Waals surface area contributed by atoms with Crippen molar-refractivity contribution in [2.45, 2.75) is 86.8 Å². The van der Waals surface area contributed by atoms with Gasteiger partial charge in [-0.1, -0.05) is 107 Å². The number of aromatic nitrogens is 4. The summed E-state index contributed by atoms with van der Waals surface area (Å²) in [6.07, 6.45) is 14.3. The van der Waals surface area contributed by atoms with Gasteiger partial charge in [0, 0.05) is 155 Å². The molecule has 0 saturated carbocycles. The minimum absolute atomic E-state index is 0.140. The normalized spacial score (nSPS) is 13.4. The summed E-state index contributed by atoms with van der Waals surface area (Å²) in [6.45, 7) is 11.8. The molecule has 21 nitrogen and oxygen atoms in total. The zero-order valence-electron chi connectivity index (χ0n) is 57.6. The second kappa shape index (κ2) is 32.0. The number of H-pyrrole nitrogens is 1. The standard InChI is InChI=1S/C18H16ClN2O3S.C18H15ClN2O3S.C18H15ClN2O2S.C10H8ClNO2S.C8H8ClN.C4H6O3/c1-12-10-20(22)11-14-3-2-4-17(18(12)14)25(23,24)21-8-7-13-5-6-15(19)9-16(13)21;1-11-10-20-18(22)14-3-2-4-16(17(11)14)25(23,24)21-8-7-12-5-6-13(19)9-15(12)21;1-12-10-20-11-14-3-2-4-17(18(12)14)24(22,23)21-8-7-13-5-6-15(19)9-16(13)21;1-7-5-12-6-8-3-2-4-9(10(7)8)15(11,13)14;9-7-2-1-6-3-4-10-8(6)5-7;1-3(5)7-4(2)6/h2-6,9-11,22H,7-8H2,1H3;2-6,9-10H,7-8H2,1H3,(H,20,22);2-6,9-11H,7-8H2,1H3;2-6H,1H3;1-2,5,10H,3-4H2;1-2H3/q+1;;;;;. The summed E-state index contributed by atoms with van der Waals surface area (Å²) in [5.74, 6) is -1.12. The maximum absolute atomic E-state index is 13.4. The number of halogens is 5. The van der Waals surface area contributed by atoms with Gasteiger partial charge in [-0.05, 0) is 177 Å². The van der Waals surface area contributed by atoms with Gasteiger partial charge in [0.05, 0.1) is 42.0 Å². The van der Waals surface area contributed by atoms with Crippen molar-refractivity contribution in [3.63, 3.8) is 0 Å². The maximum Gasteiger partial charge on any atom is 0.310 e. The number of hydrogen-bond acceptors (Lipinski definition) is 16. The molecule has 106 heavy (non-hydrogen) atoms. The zero-order chi connectivity index (χ0) is 76.3. The molecule has 4 aromatic heterocycles. The third-order valence-corrected chi connectivity index (χ3v) is 25.6. The molecule has 16 rings (SSSR count). The van der Waals surface area contributed by atoms with E-state index in [0.717, 1.165) is 66.7 Å². The molecule has 0 radical (unpaired) electrons. The van der Waals surface area contributed by atoms with Crippen molar-refractivity contribution in [2.24, 2.45) is 0 Å². The fraction of sp³-hybridized carbons (Fsp3) is 0.184. The number of fused-ring (bicyclic) bond motifs is 8. The SMILES string of the molecule is CC(=O)OC(C)=O.Cc1c[n+](O)cc2cccc(S(=O)(=O)N3CCc4ccc(Cl)cc43)c12.Cc1c[nH]c(=O)c2cccc(S(=O)(=O)N3CCc4ccc(Cl)cc43)c12.Cc1cncc2cccc(S(=O)(=O)Cl)c12.Cc1cncc2cccc(S(=O)(=O)N3CCc4ccc(Cl)cc43)c12.Clc1ccc2c(c1)NCC2. The van der Waals surface area contributed by atoms with Crippen LogP contribution >= 0.6 is 57.1 Å². The summed E-state index contributed by atoms with van der Waals surface area (Å²) >= 11 is 24.0. The quantitative estimate of drug-likeness (QED) is 0.0439. The number of anilines is 4. The van der Waals surface area contributed by atoms with Crippen LogP contribution in [0.4, 0.5) is 22.7 Å². The van der Waals surface area contributed by atoms with Crippen LogP contribution in [0.25, 0.3) is 43.1 Å². The van der Waals surface area contributed by atoms with E-state index in [0.29, 0.717) is 114 Å². The molecule has 0 aliphatic carbocycles. The first kappa shape index (κ1) is 77.7. The molecule has 548 valence electrons. The van der Waals surface area contributed by atoms with Crippen molar-refractivity contribution < 1.29 is 57.9 Å². The van der Waals surface area contributed by atoms with Crippen LogP contribution < -0.4 is 28.5 Å². The Morgan fingerprint density at radius 1 is 0.472 bits per heavy atom. The Bertz CT molecular complexity index is 6030. The van der Waals surface area contributed by atoms with Crippen LogP contribution in [0.3, 0.4) is 0 Å². The minimum Gasteiger partial charge on any atom is -0.394 e. The van der Waals surface area contributed by atoms with E-state index in [-0.39, 0.29) is 20.2 Å². The highest BCUT2D eigenvalue weighted by Crippen LogP contribution is 2.41. The highest BCUT2D eigenvalue weighted by atomic mass is 35.7. The molecule has 0 saturated heterocycles. The van der Waals surface area contributed by atoms with E-state index in [9.17, 15) is 53.3 Å². The van der Waals surface area contributed by atoms with E-state index >= 15 is 0 Å². The van der Waals surface area contributed by atoms with Gasteiger partial charge in [-0.15, -0.1) is 0 Å². The van der Waals surface area contributed by atoms with E-state index < -0.39 is 51.1 Å². The van der Waals surface area contributed by atoms with E-state index in [4.69, 9.17) is 57.1 Å². The number of pyridine rings is 4. The molecule has 0 fully saturated rings. The lowest BCUT2D eigenvalue weighted by Crippen LogP contribution is -2.31. The van der Waals surface area contributed by atoms with Gasteiger partial charge in [0.25, 0.3) is 44.7 Å². The van der Waals surface area contributed by atoms with Crippen molar-refractivity contribution >= 4 is 174 Å². The Labute approximate surface area is 637 Å². The molecule has 8 heterocycles. The smallest absolute Gasteiger partial charge is 0.310 e. The van der Waals surface area contributed by atoms with E-state index in [1.54, 1.807) is 149 Å². The van der Waals surface area contributed by atoms with Crippen molar-refractivity contribution in [2.75, 3.05) is 44.4 Å². The second-order valence-electron chi connectivity index (χ2n) is 24.9. The third-order valence-electron chi connectivity index (χ3n) is 17.7. The average Bonchev–Trinajstić information content (AvgIpc) is 1.40. The summed E-state index contributed by atoms with van der Waals surface area (Å²) in [5, 5.41) is 20.4. The van der Waals surface area contributed by atoms with Crippen molar-refractivity contribution in [3.05, 3.63) is 264 Å². The Morgan fingerprint density at radius 3 is 1.31 bits per heavy atom. The van der Waals surface area contributed by atoms with E-state index in [1.807, 2.05) is 43.3 Å². The summed E-state index contributed by atoms with van der Waals surface area (Å²) in [6, 6.07) is 42.1. The number of ether oxygens (including phenoxy) is 1. The van der Waals surface area contributed by atoms with E-state index in [1.165, 1.54) is 56.5 Å². The first-order valence-electron chi connectivity index (χ1n) is 32.8. The molecular weight excluding hydrogens is 1540 g/mol. The van der Waals surface area contributed by atoms with Gasteiger partial charge >= 0.3 is 11.9 Å². The highest BCUT2D eigenvalue weighted by molar-refractivity contribution is 8.14. The molecular formula is C76H68Cl5N8O13S4+. The third kappa shape index (κ3) is 16.7. The highest BCUT2D eigenvalue weighted by Gasteiger charge is 2.36. The lowest BCUT2D eigenvalue weighted by molar-refractivity contribution is -0.904. The molecule has 8 aromatic carbocycles. The molecule has 0 spiro atoms. The molecule has 30 heteroatoms. The molecule has 12 aromatic rings. The number of carbonyl (C=O) groups excluding carboxylic acids is 2. The molecule has 0 bridgehead atoms. The number of carbonyl (C=O) groups is 2. The van der Waals surface area contributed by atoms with Crippen LogP contribution in [-0.4, -0.2) is 91.9 Å². The molecule has 4 aliphatic rings. The van der Waals surface area contributed by atoms with Gasteiger partial charge in [0.2, 0.25) is 12.4 Å². The molecule has 0 unspecified atom stereocenters. The number of nitrogens with zero attached hydrogens (tertiary/aromatic N) is 6. The fourth-order valence-electron chi connectivity index (χ4n) is 13.1. The fourth-order valence-corrected chi connectivity index (χ4v) is 20.3. The molecule has 0 atom stereocenters. The van der Waals surface area contributed by atoms with Crippen LogP contribution in [0, 0.1) is 27.7 Å². The number of aromatic amines is 1. The Morgan fingerprint density at radius 2 is 0.868 bits per heavy atom. The molecule has 4 aliphatic heterocycles. The van der Waals surface area contributed by atoms with Crippen LogP contribution in [0.2, 0.25) is 20.1 Å². The van der Waals surface area contributed by atoms with Gasteiger partial charge in [-0.2, -0.15) is 0 Å². The number of sulfonamides is 3. The minimum atomic E-state index is -3.81. The number of esters is 2. The first-order valence-corrected chi connectivity index (χ1v) is 40.9. The van der Waals surface area contributed by atoms with Crippen LogP contribution in [0.1, 0.15) is 58.4 Å². The largest absolute Gasteiger partial charge is 0.394 e. The Kier molecular flexibility index (Phi) is 23.4. The summed E-state index contributed by atoms with van der Waals surface area (Å²) < 4.78 is 112. The van der Waals surface area contributed by atoms with Crippen LogP contribution in [-0.2, 0) is 79.1 Å². The number of rotatable bonds is 7.